The van der Waals surface area contributed by atoms with Crippen molar-refractivity contribution in [2.45, 2.75) is 0 Å². The molecule has 3 nitrogen and oxygen atoms in total. The van der Waals surface area contributed by atoms with E-state index in [9.17, 15) is 9.18 Å². The molecule has 0 atom stereocenters. The maximum atomic E-state index is 12.9. The van der Waals surface area contributed by atoms with Crippen molar-refractivity contribution < 1.29 is 9.18 Å². The second-order valence-electron chi connectivity index (χ2n) is 3.71. The average molecular weight is 344 g/mol. The van der Waals surface area contributed by atoms with Gasteiger partial charge in [-0.3, -0.25) is 0 Å². The van der Waals surface area contributed by atoms with Gasteiger partial charge < -0.3 is 10.6 Å². The predicted molar refractivity (Wildman–Crippen MR) is 78.2 cm³/mol. The lowest BCUT2D eigenvalue weighted by Crippen LogP contribution is -2.19. The number of nitrogens with one attached hydrogen (secondary N) is 2. The summed E-state index contributed by atoms with van der Waals surface area (Å²) in [4.78, 5) is 11.7. The monoisotopic (exact) mass is 342 g/mol. The van der Waals surface area contributed by atoms with E-state index in [1.807, 2.05) is 0 Å². The zero-order chi connectivity index (χ0) is 13.8. The number of carbonyl (C=O) groups excluding carboxylic acids is 1. The second kappa shape index (κ2) is 6.04. The molecule has 2 rings (SSSR count). The highest BCUT2D eigenvalue weighted by atomic mass is 79.9. The molecule has 0 bridgehead atoms. The number of urea groups is 1. The minimum absolute atomic E-state index is 0.379. The normalized spacial score (nSPS) is 10.1. The van der Waals surface area contributed by atoms with E-state index < -0.39 is 6.03 Å². The molecule has 0 aromatic heterocycles. The molecule has 2 aromatic rings. The van der Waals surface area contributed by atoms with Gasteiger partial charge in [-0.05, 0) is 58.4 Å². The Morgan fingerprint density at radius 3 is 2.42 bits per heavy atom. The van der Waals surface area contributed by atoms with Gasteiger partial charge in [0.25, 0.3) is 0 Å². The van der Waals surface area contributed by atoms with Crippen molar-refractivity contribution in [1.82, 2.24) is 0 Å². The van der Waals surface area contributed by atoms with Crippen LogP contribution in [0.25, 0.3) is 0 Å². The fraction of sp³-hybridized carbons (Fsp3) is 0. The molecule has 19 heavy (non-hydrogen) atoms. The summed E-state index contributed by atoms with van der Waals surface area (Å²) in [6.45, 7) is 0. The first-order chi connectivity index (χ1) is 9.04. The van der Waals surface area contributed by atoms with Gasteiger partial charge in [0.2, 0.25) is 0 Å². The van der Waals surface area contributed by atoms with Crippen molar-refractivity contribution in [2.75, 3.05) is 10.6 Å². The lowest BCUT2D eigenvalue weighted by molar-refractivity contribution is 0.262. The van der Waals surface area contributed by atoms with Crippen LogP contribution >= 0.6 is 27.5 Å². The molecule has 0 spiro atoms. The number of anilines is 2. The van der Waals surface area contributed by atoms with Gasteiger partial charge in [0.1, 0.15) is 5.82 Å². The zero-order valence-corrected chi connectivity index (χ0v) is 11.9. The van der Waals surface area contributed by atoms with Gasteiger partial charge in [0, 0.05) is 15.2 Å². The Bertz CT molecular complexity index is 604. The van der Waals surface area contributed by atoms with Gasteiger partial charge >= 0.3 is 6.03 Å². The van der Waals surface area contributed by atoms with E-state index in [2.05, 4.69) is 26.6 Å². The maximum absolute atomic E-state index is 12.9. The highest BCUT2D eigenvalue weighted by molar-refractivity contribution is 9.10. The SMILES string of the molecule is O=C(Nc1ccc(Cl)cc1)Nc1ccc(F)cc1Br. The standard InChI is InChI=1S/C13H9BrClFN2O/c14-11-7-9(16)3-6-12(11)18-13(19)17-10-4-1-8(15)2-5-10/h1-7H,(H2,17,18,19). The third kappa shape index (κ3) is 3.94. The van der Waals surface area contributed by atoms with E-state index in [-0.39, 0.29) is 5.82 Å². The van der Waals surface area contributed by atoms with Gasteiger partial charge in [-0.1, -0.05) is 11.6 Å². The molecule has 0 aliphatic heterocycles. The Balaban J connectivity index is 2.03. The minimum Gasteiger partial charge on any atom is -0.308 e. The molecule has 0 saturated heterocycles. The van der Waals surface area contributed by atoms with Crippen molar-refractivity contribution in [3.63, 3.8) is 0 Å². The first-order valence-electron chi connectivity index (χ1n) is 5.33. The first-order valence-corrected chi connectivity index (χ1v) is 6.50. The van der Waals surface area contributed by atoms with Gasteiger partial charge in [0.15, 0.2) is 0 Å². The Hall–Kier alpha value is -1.59. The Labute approximate surface area is 122 Å². The van der Waals surface area contributed by atoms with Crippen molar-refractivity contribution >= 4 is 44.9 Å². The summed E-state index contributed by atoms with van der Waals surface area (Å²) < 4.78 is 13.4. The van der Waals surface area contributed by atoms with Crippen molar-refractivity contribution in [2.24, 2.45) is 0 Å². The second-order valence-corrected chi connectivity index (χ2v) is 5.00. The zero-order valence-electron chi connectivity index (χ0n) is 9.58. The lowest BCUT2D eigenvalue weighted by atomic mass is 10.3. The predicted octanol–water partition coefficient (Wildman–Crippen LogP) is 4.89. The van der Waals surface area contributed by atoms with Gasteiger partial charge in [-0.15, -0.1) is 0 Å². The van der Waals surface area contributed by atoms with Crippen LogP contribution in [0.4, 0.5) is 20.6 Å². The largest absolute Gasteiger partial charge is 0.323 e. The van der Waals surface area contributed by atoms with Crippen molar-refractivity contribution in [3.8, 4) is 0 Å². The third-order valence-corrected chi connectivity index (χ3v) is 3.19. The third-order valence-electron chi connectivity index (χ3n) is 2.28. The van der Waals surface area contributed by atoms with Gasteiger partial charge in [-0.25, -0.2) is 9.18 Å². The fourth-order valence-electron chi connectivity index (χ4n) is 1.41. The number of halogens is 3. The first kappa shape index (κ1) is 13.8. The molecule has 98 valence electrons. The van der Waals surface area contributed by atoms with Crippen LogP contribution in [0, 0.1) is 5.82 Å². The summed E-state index contributed by atoms with van der Waals surface area (Å²) in [7, 11) is 0. The molecule has 0 fully saturated rings. The Kier molecular flexibility index (Phi) is 4.39. The molecule has 6 heteroatoms. The average Bonchev–Trinajstić information content (AvgIpc) is 2.36. The summed E-state index contributed by atoms with van der Waals surface area (Å²) in [5.41, 5.74) is 1.09. The lowest BCUT2D eigenvalue weighted by Gasteiger charge is -2.09. The summed E-state index contributed by atoms with van der Waals surface area (Å²) in [6.07, 6.45) is 0. The molecular formula is C13H9BrClFN2O. The topological polar surface area (TPSA) is 41.1 Å². The van der Waals surface area contributed by atoms with E-state index in [1.165, 1.54) is 18.2 Å². The summed E-state index contributed by atoms with van der Waals surface area (Å²) >= 11 is 8.91. The molecule has 0 heterocycles. The summed E-state index contributed by atoms with van der Waals surface area (Å²) in [5.74, 6) is -0.379. The maximum Gasteiger partial charge on any atom is 0.323 e. The van der Waals surface area contributed by atoms with Crippen LogP contribution < -0.4 is 10.6 Å². The van der Waals surface area contributed by atoms with Crippen LogP contribution in [0.3, 0.4) is 0 Å². The Morgan fingerprint density at radius 1 is 1.11 bits per heavy atom. The molecule has 0 aliphatic carbocycles. The van der Waals surface area contributed by atoms with Crippen LogP contribution in [0.5, 0.6) is 0 Å². The fourth-order valence-corrected chi connectivity index (χ4v) is 1.98. The molecular weight excluding hydrogens is 335 g/mol. The number of hydrogen-bond acceptors (Lipinski definition) is 1. The highest BCUT2D eigenvalue weighted by Gasteiger charge is 2.06. The number of amides is 2. The molecule has 0 unspecified atom stereocenters. The molecule has 0 radical (unpaired) electrons. The van der Waals surface area contributed by atoms with Crippen LogP contribution in [0.1, 0.15) is 0 Å². The van der Waals surface area contributed by atoms with E-state index >= 15 is 0 Å². The minimum atomic E-state index is -0.422. The molecule has 0 aliphatic rings. The van der Waals surface area contributed by atoms with Crippen LogP contribution in [0.2, 0.25) is 5.02 Å². The highest BCUT2D eigenvalue weighted by Crippen LogP contribution is 2.23. The molecule has 2 amide bonds. The number of carbonyl (C=O) groups is 1. The smallest absolute Gasteiger partial charge is 0.308 e. The van der Waals surface area contributed by atoms with E-state index in [0.717, 1.165) is 0 Å². The summed E-state index contributed by atoms with van der Waals surface area (Å²) in [6, 6.07) is 10.3. The molecule has 2 aromatic carbocycles. The van der Waals surface area contributed by atoms with E-state index in [1.54, 1.807) is 24.3 Å². The van der Waals surface area contributed by atoms with Crippen LogP contribution in [-0.2, 0) is 0 Å². The van der Waals surface area contributed by atoms with E-state index in [0.29, 0.717) is 20.9 Å². The summed E-state index contributed by atoms with van der Waals surface area (Å²) in [5, 5.41) is 5.83. The van der Waals surface area contributed by atoms with Crippen LogP contribution in [-0.4, -0.2) is 6.03 Å². The quantitative estimate of drug-likeness (QED) is 0.801. The number of hydrogen-bond donors (Lipinski definition) is 2. The number of rotatable bonds is 2. The van der Waals surface area contributed by atoms with Gasteiger partial charge in [0.05, 0.1) is 5.69 Å². The van der Waals surface area contributed by atoms with Crippen molar-refractivity contribution in [3.05, 3.63) is 57.8 Å². The van der Waals surface area contributed by atoms with Crippen molar-refractivity contribution in [1.29, 1.82) is 0 Å². The van der Waals surface area contributed by atoms with E-state index in [4.69, 9.17) is 11.6 Å². The molecule has 2 N–H and O–H groups in total. The van der Waals surface area contributed by atoms with Crippen LogP contribution in [0.15, 0.2) is 46.9 Å². The Morgan fingerprint density at radius 2 is 1.79 bits per heavy atom. The number of benzene rings is 2. The van der Waals surface area contributed by atoms with Gasteiger partial charge in [-0.2, -0.15) is 0 Å². The molecule has 0 saturated carbocycles.